The lowest BCUT2D eigenvalue weighted by Crippen LogP contribution is -2.47. The van der Waals surface area contributed by atoms with Crippen LogP contribution in [0.2, 0.25) is 0 Å². The molecular weight excluding hydrogens is 454 g/mol. The van der Waals surface area contributed by atoms with E-state index >= 15 is 0 Å². The second-order valence-electron chi connectivity index (χ2n) is 8.93. The van der Waals surface area contributed by atoms with Crippen LogP contribution in [0.15, 0.2) is 79.1 Å². The minimum atomic E-state index is -0.585. The number of amides is 2. The maximum Gasteiger partial charge on any atom is 0.256 e. The van der Waals surface area contributed by atoms with Gasteiger partial charge in [-0.1, -0.05) is 42.5 Å². The van der Waals surface area contributed by atoms with Gasteiger partial charge in [-0.2, -0.15) is 0 Å². The van der Waals surface area contributed by atoms with E-state index in [4.69, 9.17) is 10.5 Å². The van der Waals surface area contributed by atoms with E-state index in [0.29, 0.717) is 44.7 Å². The Bertz CT molecular complexity index is 1140. The van der Waals surface area contributed by atoms with E-state index in [1.165, 1.54) is 5.56 Å². The number of carbonyl (C=O) groups is 2. The first-order valence-electron chi connectivity index (χ1n) is 12.2. The second-order valence-corrected chi connectivity index (χ2v) is 8.93. The SMILES string of the molecule is COc1cccc(CN(Cc2ccccc2)C2CC(C(=O)NCCN)N(C(=O)c3cccnc3)C2)c1. The Morgan fingerprint density at radius 3 is 2.58 bits per heavy atom. The number of aromatic nitrogens is 1. The van der Waals surface area contributed by atoms with Crippen molar-refractivity contribution >= 4 is 11.8 Å². The lowest BCUT2D eigenvalue weighted by atomic mass is 10.1. The number of pyridine rings is 1. The third-order valence-corrected chi connectivity index (χ3v) is 6.46. The van der Waals surface area contributed by atoms with Crippen LogP contribution in [0.5, 0.6) is 5.75 Å². The Balaban J connectivity index is 1.62. The summed E-state index contributed by atoms with van der Waals surface area (Å²) in [6.45, 7) is 2.49. The Labute approximate surface area is 212 Å². The number of rotatable bonds is 10. The first-order chi connectivity index (χ1) is 17.6. The van der Waals surface area contributed by atoms with Crippen LogP contribution >= 0.6 is 0 Å². The summed E-state index contributed by atoms with van der Waals surface area (Å²) in [6, 6.07) is 21.1. The van der Waals surface area contributed by atoms with E-state index in [-0.39, 0.29) is 17.9 Å². The average molecular weight is 488 g/mol. The van der Waals surface area contributed by atoms with Crippen LogP contribution in [0.3, 0.4) is 0 Å². The molecule has 2 aromatic carbocycles. The number of benzene rings is 2. The van der Waals surface area contributed by atoms with E-state index in [1.54, 1.807) is 36.5 Å². The Hall–Kier alpha value is -3.75. The van der Waals surface area contributed by atoms with Crippen molar-refractivity contribution < 1.29 is 14.3 Å². The molecule has 2 atom stereocenters. The minimum Gasteiger partial charge on any atom is -0.497 e. The molecular formula is C28H33N5O3. The van der Waals surface area contributed by atoms with Gasteiger partial charge in [-0.3, -0.25) is 19.5 Å². The number of nitrogens with one attached hydrogen (secondary N) is 1. The molecule has 0 spiro atoms. The topological polar surface area (TPSA) is 101 Å². The highest BCUT2D eigenvalue weighted by atomic mass is 16.5. The van der Waals surface area contributed by atoms with E-state index in [0.717, 1.165) is 11.3 Å². The van der Waals surface area contributed by atoms with E-state index in [1.807, 2.05) is 36.4 Å². The van der Waals surface area contributed by atoms with Crippen molar-refractivity contribution in [3.8, 4) is 5.75 Å². The van der Waals surface area contributed by atoms with Gasteiger partial charge in [0.25, 0.3) is 5.91 Å². The summed E-state index contributed by atoms with van der Waals surface area (Å²) >= 11 is 0. The van der Waals surface area contributed by atoms with Gasteiger partial charge in [-0.05, 0) is 41.8 Å². The lowest BCUT2D eigenvalue weighted by molar-refractivity contribution is -0.124. The van der Waals surface area contributed by atoms with Gasteiger partial charge in [0.1, 0.15) is 11.8 Å². The van der Waals surface area contributed by atoms with Gasteiger partial charge in [0.05, 0.1) is 12.7 Å². The van der Waals surface area contributed by atoms with Gasteiger partial charge in [-0.25, -0.2) is 0 Å². The predicted molar refractivity (Wildman–Crippen MR) is 138 cm³/mol. The molecule has 0 aliphatic carbocycles. The van der Waals surface area contributed by atoms with Crippen molar-refractivity contribution in [1.29, 1.82) is 0 Å². The summed E-state index contributed by atoms with van der Waals surface area (Å²) in [5.41, 5.74) is 8.35. The number of hydrogen-bond donors (Lipinski definition) is 2. The van der Waals surface area contributed by atoms with Crippen LogP contribution in [-0.2, 0) is 17.9 Å². The lowest BCUT2D eigenvalue weighted by Gasteiger charge is -2.29. The highest BCUT2D eigenvalue weighted by Crippen LogP contribution is 2.28. The zero-order valence-electron chi connectivity index (χ0n) is 20.5. The Morgan fingerprint density at radius 1 is 1.08 bits per heavy atom. The van der Waals surface area contributed by atoms with Gasteiger partial charge >= 0.3 is 0 Å². The Kier molecular flexibility index (Phi) is 8.65. The van der Waals surface area contributed by atoms with Crippen molar-refractivity contribution in [3.63, 3.8) is 0 Å². The van der Waals surface area contributed by atoms with Crippen LogP contribution in [0, 0.1) is 0 Å². The molecule has 0 saturated carbocycles. The first kappa shape index (κ1) is 25.3. The quantitative estimate of drug-likeness (QED) is 0.456. The molecule has 2 heterocycles. The zero-order valence-corrected chi connectivity index (χ0v) is 20.5. The second kappa shape index (κ2) is 12.3. The number of likely N-dealkylation sites (tertiary alicyclic amines) is 1. The third kappa shape index (κ3) is 6.27. The number of ether oxygens (including phenoxy) is 1. The fourth-order valence-electron chi connectivity index (χ4n) is 4.66. The van der Waals surface area contributed by atoms with Gasteiger partial charge in [0, 0.05) is 51.2 Å². The molecule has 1 aromatic heterocycles. The molecule has 4 rings (SSSR count). The maximum atomic E-state index is 13.5. The van der Waals surface area contributed by atoms with Crippen molar-refractivity contribution in [2.75, 3.05) is 26.7 Å². The highest BCUT2D eigenvalue weighted by molar-refractivity contribution is 5.97. The molecule has 3 aromatic rings. The molecule has 2 unspecified atom stereocenters. The van der Waals surface area contributed by atoms with Crippen LogP contribution in [-0.4, -0.2) is 65.4 Å². The summed E-state index contributed by atoms with van der Waals surface area (Å²) < 4.78 is 5.42. The average Bonchev–Trinajstić information content (AvgIpc) is 3.38. The molecule has 8 heteroatoms. The summed E-state index contributed by atoms with van der Waals surface area (Å²) in [4.78, 5) is 34.7. The summed E-state index contributed by atoms with van der Waals surface area (Å²) in [5.74, 6) is 0.423. The van der Waals surface area contributed by atoms with Crippen molar-refractivity contribution in [3.05, 3.63) is 95.8 Å². The fourth-order valence-corrected chi connectivity index (χ4v) is 4.66. The highest BCUT2D eigenvalue weighted by Gasteiger charge is 2.42. The molecule has 3 N–H and O–H groups in total. The van der Waals surface area contributed by atoms with Crippen molar-refractivity contribution in [1.82, 2.24) is 20.1 Å². The smallest absolute Gasteiger partial charge is 0.256 e. The van der Waals surface area contributed by atoms with Crippen LogP contribution in [0.1, 0.15) is 27.9 Å². The fraction of sp³-hybridized carbons (Fsp3) is 0.321. The molecule has 188 valence electrons. The summed E-state index contributed by atoms with van der Waals surface area (Å²) in [5, 5.41) is 2.88. The molecule has 8 nitrogen and oxygen atoms in total. The molecule has 36 heavy (non-hydrogen) atoms. The molecule has 0 radical (unpaired) electrons. The monoisotopic (exact) mass is 487 g/mol. The minimum absolute atomic E-state index is 0.0225. The van der Waals surface area contributed by atoms with Crippen molar-refractivity contribution in [2.45, 2.75) is 31.6 Å². The predicted octanol–water partition coefficient (Wildman–Crippen LogP) is 2.45. The van der Waals surface area contributed by atoms with Crippen molar-refractivity contribution in [2.24, 2.45) is 5.73 Å². The first-order valence-corrected chi connectivity index (χ1v) is 12.2. The standard InChI is InChI=1S/C28H33N5O3/c1-36-25-11-5-9-22(15-25)19-32(18-21-7-3-2-4-8-21)24-16-26(27(34)31-14-12-29)33(20-24)28(35)23-10-6-13-30-17-23/h2-11,13,15,17,24,26H,12,14,16,18-20,29H2,1H3,(H,31,34). The van der Waals surface area contributed by atoms with E-state index in [2.05, 4.69) is 33.4 Å². The molecule has 2 amide bonds. The molecule has 1 saturated heterocycles. The van der Waals surface area contributed by atoms with Gasteiger partial charge < -0.3 is 20.7 Å². The van der Waals surface area contributed by atoms with Gasteiger partial charge in [0.15, 0.2) is 0 Å². The molecule has 1 fully saturated rings. The number of nitrogens with zero attached hydrogens (tertiary/aromatic N) is 3. The number of hydrogen-bond acceptors (Lipinski definition) is 6. The molecule has 0 bridgehead atoms. The molecule has 1 aliphatic heterocycles. The number of methoxy groups -OCH3 is 1. The van der Waals surface area contributed by atoms with Gasteiger partial charge in [0.2, 0.25) is 5.91 Å². The largest absolute Gasteiger partial charge is 0.497 e. The molecule has 1 aliphatic rings. The maximum absolute atomic E-state index is 13.5. The van der Waals surface area contributed by atoms with Gasteiger partial charge in [-0.15, -0.1) is 0 Å². The summed E-state index contributed by atoms with van der Waals surface area (Å²) in [6.07, 6.45) is 3.70. The zero-order chi connectivity index (χ0) is 25.3. The number of nitrogens with two attached hydrogens (primary N) is 1. The third-order valence-electron chi connectivity index (χ3n) is 6.46. The van der Waals surface area contributed by atoms with Crippen LogP contribution < -0.4 is 15.8 Å². The normalized spacial score (nSPS) is 17.2. The van der Waals surface area contributed by atoms with E-state index < -0.39 is 6.04 Å². The Morgan fingerprint density at radius 2 is 1.86 bits per heavy atom. The van der Waals surface area contributed by atoms with E-state index in [9.17, 15) is 9.59 Å². The number of carbonyl (C=O) groups excluding carboxylic acids is 2. The summed E-state index contributed by atoms with van der Waals surface area (Å²) in [7, 11) is 1.66. The van der Waals surface area contributed by atoms with Crippen LogP contribution in [0.4, 0.5) is 0 Å². The van der Waals surface area contributed by atoms with Crippen LogP contribution in [0.25, 0.3) is 0 Å².